The maximum atomic E-state index is 4.18. The second-order valence-electron chi connectivity index (χ2n) is 2.67. The predicted octanol–water partition coefficient (Wildman–Crippen LogP) is 3.45. The molecule has 1 aromatic heterocycles. The van der Waals surface area contributed by atoms with Crippen molar-refractivity contribution in [3.63, 3.8) is 0 Å². The Hall–Kier alpha value is 0.610. The van der Waals surface area contributed by atoms with Crippen molar-refractivity contribution in [3.8, 4) is 0 Å². The highest BCUT2D eigenvalue weighted by molar-refractivity contribution is 8.02. The fraction of sp³-hybridized carbons (Fsp3) is 0.750. The third-order valence-corrected chi connectivity index (χ3v) is 5.03. The van der Waals surface area contributed by atoms with E-state index in [0.717, 1.165) is 20.2 Å². The summed E-state index contributed by atoms with van der Waals surface area (Å²) in [5.41, 5.74) is 0. The van der Waals surface area contributed by atoms with E-state index in [4.69, 9.17) is 0 Å². The van der Waals surface area contributed by atoms with Gasteiger partial charge in [0.05, 0.1) is 0 Å². The van der Waals surface area contributed by atoms with E-state index in [-0.39, 0.29) is 0 Å². The van der Waals surface area contributed by atoms with Gasteiger partial charge in [-0.1, -0.05) is 41.3 Å². The first-order chi connectivity index (χ1) is 6.86. The van der Waals surface area contributed by atoms with E-state index in [9.17, 15) is 0 Å². The van der Waals surface area contributed by atoms with Gasteiger partial charge in [-0.05, 0) is 24.9 Å². The van der Waals surface area contributed by atoms with Crippen LogP contribution >= 0.6 is 47.5 Å². The molecule has 0 radical (unpaired) electrons. The Labute approximate surface area is 103 Å². The minimum atomic E-state index is 1.00. The van der Waals surface area contributed by atoms with E-state index in [1.165, 1.54) is 19.3 Å². The second kappa shape index (κ2) is 7.84. The molecule has 0 saturated heterocycles. The molecule has 0 saturated carbocycles. The van der Waals surface area contributed by atoms with Crippen molar-refractivity contribution in [2.75, 3.05) is 17.8 Å². The monoisotopic (exact) mass is 266 g/mol. The molecule has 0 unspecified atom stereocenters. The van der Waals surface area contributed by atoms with Gasteiger partial charge in [-0.25, -0.2) is 0 Å². The van der Waals surface area contributed by atoms with Gasteiger partial charge in [0.15, 0.2) is 8.68 Å². The number of hydrogen-bond donors (Lipinski definition) is 1. The van der Waals surface area contributed by atoms with Crippen molar-refractivity contribution in [2.45, 2.75) is 27.9 Å². The van der Waals surface area contributed by atoms with Crippen molar-refractivity contribution in [2.24, 2.45) is 0 Å². The van der Waals surface area contributed by atoms with Crippen LogP contribution in [-0.4, -0.2) is 28.0 Å². The van der Waals surface area contributed by atoms with Crippen LogP contribution in [-0.2, 0) is 0 Å². The molecule has 14 heavy (non-hydrogen) atoms. The molecule has 1 heterocycles. The number of rotatable bonds is 7. The standard InChI is InChI=1S/C8H14N2S4/c1-12-7-9-10-8(14-7)13-6-4-2-3-5-11/h11H,2-6H2,1H3. The molecule has 0 spiro atoms. The third-order valence-electron chi connectivity index (χ3n) is 1.59. The van der Waals surface area contributed by atoms with Gasteiger partial charge >= 0.3 is 0 Å². The normalized spacial score (nSPS) is 10.7. The van der Waals surface area contributed by atoms with Crippen LogP contribution in [0.3, 0.4) is 0 Å². The zero-order chi connectivity index (χ0) is 10.2. The van der Waals surface area contributed by atoms with Crippen LogP contribution in [0.15, 0.2) is 8.68 Å². The molecular formula is C8H14N2S4. The van der Waals surface area contributed by atoms with Gasteiger partial charge in [-0.15, -0.1) is 10.2 Å². The highest BCUT2D eigenvalue weighted by Crippen LogP contribution is 2.27. The zero-order valence-electron chi connectivity index (χ0n) is 8.10. The van der Waals surface area contributed by atoms with Gasteiger partial charge in [-0.2, -0.15) is 12.6 Å². The Balaban J connectivity index is 2.12. The van der Waals surface area contributed by atoms with E-state index in [0.29, 0.717) is 0 Å². The van der Waals surface area contributed by atoms with Crippen LogP contribution in [0.4, 0.5) is 0 Å². The number of thioether (sulfide) groups is 2. The molecule has 0 fully saturated rings. The quantitative estimate of drug-likeness (QED) is 0.464. The molecule has 0 amide bonds. The smallest absolute Gasteiger partial charge is 0.175 e. The van der Waals surface area contributed by atoms with Gasteiger partial charge in [0.25, 0.3) is 0 Å². The summed E-state index contributed by atoms with van der Waals surface area (Å²) in [6.07, 6.45) is 5.77. The fourth-order valence-electron chi connectivity index (χ4n) is 0.888. The van der Waals surface area contributed by atoms with E-state index in [1.807, 2.05) is 18.0 Å². The average Bonchev–Trinajstić information content (AvgIpc) is 2.65. The van der Waals surface area contributed by atoms with E-state index in [2.05, 4.69) is 22.8 Å². The van der Waals surface area contributed by atoms with Gasteiger partial charge < -0.3 is 0 Å². The van der Waals surface area contributed by atoms with Crippen LogP contribution in [0.25, 0.3) is 0 Å². The lowest BCUT2D eigenvalue weighted by Crippen LogP contribution is -1.82. The lowest BCUT2D eigenvalue weighted by molar-refractivity contribution is 0.786. The van der Waals surface area contributed by atoms with E-state index < -0.39 is 0 Å². The van der Waals surface area contributed by atoms with Crippen molar-refractivity contribution in [3.05, 3.63) is 0 Å². The predicted molar refractivity (Wildman–Crippen MR) is 70.1 cm³/mol. The minimum Gasteiger partial charge on any atom is -0.179 e. The molecule has 1 rings (SSSR count). The molecule has 1 aromatic rings. The molecule has 80 valence electrons. The summed E-state index contributed by atoms with van der Waals surface area (Å²) >= 11 is 9.34. The highest BCUT2D eigenvalue weighted by atomic mass is 32.2. The Morgan fingerprint density at radius 1 is 1.21 bits per heavy atom. The first kappa shape index (κ1) is 12.7. The zero-order valence-corrected chi connectivity index (χ0v) is 11.4. The average molecular weight is 266 g/mol. The van der Waals surface area contributed by atoms with Crippen LogP contribution in [0, 0.1) is 0 Å². The van der Waals surface area contributed by atoms with Crippen molar-refractivity contribution in [1.82, 2.24) is 10.2 Å². The summed E-state index contributed by atoms with van der Waals surface area (Å²) in [7, 11) is 0. The lowest BCUT2D eigenvalue weighted by atomic mass is 10.3. The first-order valence-corrected chi connectivity index (χ1v) is 8.14. The molecule has 2 nitrogen and oxygen atoms in total. The molecule has 6 heteroatoms. The Bertz CT molecular complexity index is 251. The van der Waals surface area contributed by atoms with Gasteiger partial charge in [0, 0.05) is 5.75 Å². The number of thiol groups is 1. The van der Waals surface area contributed by atoms with Crippen LogP contribution < -0.4 is 0 Å². The third kappa shape index (κ3) is 4.91. The molecule has 0 N–H and O–H groups in total. The summed E-state index contributed by atoms with van der Waals surface area (Å²) < 4.78 is 2.16. The summed E-state index contributed by atoms with van der Waals surface area (Å²) in [6, 6.07) is 0. The molecule has 0 aliphatic rings. The molecule has 0 aliphatic carbocycles. The lowest BCUT2D eigenvalue weighted by Gasteiger charge is -1.95. The van der Waals surface area contributed by atoms with Crippen molar-refractivity contribution in [1.29, 1.82) is 0 Å². The molecule has 0 atom stereocenters. The molecular weight excluding hydrogens is 252 g/mol. The number of aromatic nitrogens is 2. The molecule has 0 aromatic carbocycles. The van der Waals surface area contributed by atoms with E-state index >= 15 is 0 Å². The number of unbranched alkanes of at least 4 members (excludes halogenated alkanes) is 2. The largest absolute Gasteiger partial charge is 0.179 e. The maximum absolute atomic E-state index is 4.18. The van der Waals surface area contributed by atoms with Crippen molar-refractivity contribution < 1.29 is 0 Å². The van der Waals surface area contributed by atoms with Crippen molar-refractivity contribution >= 4 is 47.5 Å². The minimum absolute atomic E-state index is 1.00. The van der Waals surface area contributed by atoms with Crippen LogP contribution in [0.2, 0.25) is 0 Å². The number of nitrogens with zero attached hydrogens (tertiary/aromatic N) is 2. The number of hydrogen-bond acceptors (Lipinski definition) is 6. The Morgan fingerprint density at radius 3 is 2.64 bits per heavy atom. The maximum Gasteiger partial charge on any atom is 0.175 e. The molecule has 0 aliphatic heterocycles. The van der Waals surface area contributed by atoms with Crippen LogP contribution in [0.1, 0.15) is 19.3 Å². The summed E-state index contributed by atoms with van der Waals surface area (Å²) in [5.74, 6) is 2.15. The Morgan fingerprint density at radius 2 is 2.00 bits per heavy atom. The SMILES string of the molecule is CSc1nnc(SCCCCCS)s1. The van der Waals surface area contributed by atoms with Gasteiger partial charge in [0.2, 0.25) is 0 Å². The van der Waals surface area contributed by atoms with E-state index in [1.54, 1.807) is 23.1 Å². The summed E-state index contributed by atoms with van der Waals surface area (Å²) in [6.45, 7) is 0. The molecule has 0 bridgehead atoms. The van der Waals surface area contributed by atoms with Gasteiger partial charge in [-0.3, -0.25) is 0 Å². The van der Waals surface area contributed by atoms with Crippen LogP contribution in [0.5, 0.6) is 0 Å². The summed E-state index contributed by atoms with van der Waals surface area (Å²) in [4.78, 5) is 0. The summed E-state index contributed by atoms with van der Waals surface area (Å²) in [5, 5.41) is 8.15. The fourth-order valence-corrected chi connectivity index (χ4v) is 3.62. The second-order valence-corrected chi connectivity index (χ2v) is 6.49. The topological polar surface area (TPSA) is 25.8 Å². The van der Waals surface area contributed by atoms with Gasteiger partial charge in [0.1, 0.15) is 0 Å². The highest BCUT2D eigenvalue weighted by Gasteiger charge is 2.02. The Kier molecular flexibility index (Phi) is 7.10. The first-order valence-electron chi connectivity index (χ1n) is 4.48.